The highest BCUT2D eigenvalue weighted by atomic mass is 19.1. The molecule has 0 heterocycles. The third-order valence-corrected chi connectivity index (χ3v) is 3.32. The van der Waals surface area contributed by atoms with Crippen LogP contribution in [0.3, 0.4) is 0 Å². The van der Waals surface area contributed by atoms with Gasteiger partial charge < -0.3 is 15.4 Å². The Kier molecular flexibility index (Phi) is 9.95. The molecule has 1 aromatic rings. The van der Waals surface area contributed by atoms with E-state index in [0.29, 0.717) is 24.5 Å². The molecule has 1 aromatic carbocycles. The molecule has 2 N–H and O–H groups in total. The molecule has 0 aliphatic carbocycles. The lowest BCUT2D eigenvalue weighted by Crippen LogP contribution is -2.39. The minimum atomic E-state index is -0.424. The van der Waals surface area contributed by atoms with E-state index in [1.165, 1.54) is 6.07 Å². The minimum absolute atomic E-state index is 0.359. The van der Waals surface area contributed by atoms with Crippen molar-refractivity contribution < 1.29 is 13.5 Å². The van der Waals surface area contributed by atoms with Crippen LogP contribution in [-0.4, -0.2) is 39.3 Å². The number of hydrogen-bond acceptors (Lipinski definition) is 2. The fourth-order valence-corrected chi connectivity index (χ4v) is 2.00. The van der Waals surface area contributed by atoms with Crippen LogP contribution in [0, 0.1) is 11.6 Å². The molecular weight excluding hydrogens is 300 g/mol. The van der Waals surface area contributed by atoms with Gasteiger partial charge in [-0.25, -0.2) is 8.78 Å². The Morgan fingerprint density at radius 1 is 1.13 bits per heavy atom. The van der Waals surface area contributed by atoms with Gasteiger partial charge in [-0.3, -0.25) is 4.99 Å². The van der Waals surface area contributed by atoms with E-state index < -0.39 is 5.82 Å². The Hall–Kier alpha value is -1.69. The molecule has 0 saturated carbocycles. The topological polar surface area (TPSA) is 45.6 Å². The molecule has 4 nitrogen and oxygen atoms in total. The van der Waals surface area contributed by atoms with Gasteiger partial charge in [0, 0.05) is 33.4 Å². The lowest BCUT2D eigenvalue weighted by atomic mass is 10.1. The van der Waals surface area contributed by atoms with Gasteiger partial charge in [-0.15, -0.1) is 0 Å². The first-order valence-corrected chi connectivity index (χ1v) is 8.13. The van der Waals surface area contributed by atoms with Gasteiger partial charge in [-0.1, -0.05) is 13.3 Å². The molecule has 0 aromatic heterocycles. The number of ether oxygens (including phenoxy) is 1. The summed E-state index contributed by atoms with van der Waals surface area (Å²) < 4.78 is 32.1. The van der Waals surface area contributed by atoms with Gasteiger partial charge in [-0.05, 0) is 43.0 Å². The van der Waals surface area contributed by atoms with E-state index in [2.05, 4.69) is 22.5 Å². The molecule has 0 aliphatic heterocycles. The van der Waals surface area contributed by atoms with Crippen LogP contribution in [0.25, 0.3) is 0 Å². The van der Waals surface area contributed by atoms with Crippen molar-refractivity contribution in [2.75, 3.05) is 33.4 Å². The van der Waals surface area contributed by atoms with Crippen molar-refractivity contribution in [1.82, 2.24) is 10.6 Å². The molecule has 6 heteroatoms. The Morgan fingerprint density at radius 2 is 1.87 bits per heavy atom. The van der Waals surface area contributed by atoms with Crippen molar-refractivity contribution >= 4 is 5.96 Å². The predicted molar refractivity (Wildman–Crippen MR) is 89.8 cm³/mol. The molecule has 0 atom stereocenters. The van der Waals surface area contributed by atoms with Gasteiger partial charge in [0.25, 0.3) is 0 Å². The second kappa shape index (κ2) is 11.8. The van der Waals surface area contributed by atoms with Crippen LogP contribution < -0.4 is 10.6 Å². The number of guanidine groups is 1. The first kappa shape index (κ1) is 19.4. The number of rotatable bonds is 10. The maximum absolute atomic E-state index is 13.5. The summed E-state index contributed by atoms with van der Waals surface area (Å²) in [5.74, 6) is -0.164. The van der Waals surface area contributed by atoms with E-state index in [4.69, 9.17) is 4.74 Å². The Bertz CT molecular complexity index is 481. The zero-order chi connectivity index (χ0) is 16.9. The van der Waals surface area contributed by atoms with Gasteiger partial charge in [0.05, 0.1) is 0 Å². The zero-order valence-electron chi connectivity index (χ0n) is 14.0. The summed E-state index contributed by atoms with van der Waals surface area (Å²) in [7, 11) is 1.68. The average Bonchev–Trinajstić information content (AvgIpc) is 2.55. The van der Waals surface area contributed by atoms with Crippen LogP contribution in [0.4, 0.5) is 8.78 Å². The van der Waals surface area contributed by atoms with Crippen LogP contribution in [0.15, 0.2) is 23.2 Å². The summed E-state index contributed by atoms with van der Waals surface area (Å²) in [6, 6.07) is 3.49. The average molecular weight is 327 g/mol. The molecule has 0 spiro atoms. The minimum Gasteiger partial charge on any atom is -0.381 e. The van der Waals surface area contributed by atoms with E-state index in [1.807, 2.05) is 0 Å². The largest absolute Gasteiger partial charge is 0.381 e. The number of nitrogens with one attached hydrogen (secondary N) is 2. The van der Waals surface area contributed by atoms with Gasteiger partial charge >= 0.3 is 0 Å². The van der Waals surface area contributed by atoms with E-state index in [0.717, 1.165) is 51.2 Å². The van der Waals surface area contributed by atoms with Crippen molar-refractivity contribution in [2.45, 2.75) is 32.6 Å². The molecule has 0 radical (unpaired) electrons. The predicted octanol–water partition coefficient (Wildman–Crippen LogP) is 2.88. The monoisotopic (exact) mass is 327 g/mol. The number of halogens is 2. The summed E-state index contributed by atoms with van der Waals surface area (Å²) in [6.07, 6.45) is 3.52. The summed E-state index contributed by atoms with van der Waals surface area (Å²) in [5.41, 5.74) is 0.359. The molecule has 0 unspecified atom stereocenters. The lowest BCUT2D eigenvalue weighted by Gasteiger charge is -2.12. The highest BCUT2D eigenvalue weighted by Gasteiger charge is 2.04. The third kappa shape index (κ3) is 8.50. The van der Waals surface area contributed by atoms with Gasteiger partial charge in [-0.2, -0.15) is 0 Å². The molecule has 23 heavy (non-hydrogen) atoms. The van der Waals surface area contributed by atoms with Crippen LogP contribution in [0.5, 0.6) is 0 Å². The second-order valence-electron chi connectivity index (χ2n) is 5.23. The fraction of sp³-hybridized carbons (Fsp3) is 0.588. The zero-order valence-corrected chi connectivity index (χ0v) is 14.0. The van der Waals surface area contributed by atoms with Crippen molar-refractivity contribution in [3.05, 3.63) is 35.4 Å². The number of hydrogen-bond donors (Lipinski definition) is 2. The highest BCUT2D eigenvalue weighted by molar-refractivity contribution is 5.79. The van der Waals surface area contributed by atoms with Crippen molar-refractivity contribution in [2.24, 2.45) is 4.99 Å². The maximum atomic E-state index is 13.5. The second-order valence-corrected chi connectivity index (χ2v) is 5.23. The first-order valence-electron chi connectivity index (χ1n) is 8.13. The number of nitrogens with zero attached hydrogens (tertiary/aromatic N) is 1. The van der Waals surface area contributed by atoms with Gasteiger partial charge in [0.15, 0.2) is 5.96 Å². The van der Waals surface area contributed by atoms with Gasteiger partial charge in [0.1, 0.15) is 11.6 Å². The van der Waals surface area contributed by atoms with Gasteiger partial charge in [0.2, 0.25) is 0 Å². The van der Waals surface area contributed by atoms with E-state index in [9.17, 15) is 8.78 Å². The lowest BCUT2D eigenvalue weighted by molar-refractivity contribution is 0.129. The summed E-state index contributed by atoms with van der Waals surface area (Å²) in [5, 5.41) is 6.25. The number of unbranched alkanes of at least 4 members (excludes halogenated alkanes) is 1. The number of benzene rings is 1. The van der Waals surface area contributed by atoms with Crippen molar-refractivity contribution in [3.8, 4) is 0 Å². The Labute approximate surface area is 137 Å². The first-order chi connectivity index (χ1) is 11.2. The fourth-order valence-electron chi connectivity index (χ4n) is 2.00. The van der Waals surface area contributed by atoms with Crippen LogP contribution in [0.2, 0.25) is 0 Å². The summed E-state index contributed by atoms with van der Waals surface area (Å²) >= 11 is 0. The highest BCUT2D eigenvalue weighted by Crippen LogP contribution is 2.09. The SMILES string of the molecule is CCCCOCCCNC(=NC)NCCc1cc(F)ccc1F. The molecular formula is C17H27F2N3O. The van der Waals surface area contributed by atoms with Crippen LogP contribution in [0.1, 0.15) is 31.7 Å². The van der Waals surface area contributed by atoms with Crippen molar-refractivity contribution in [1.29, 1.82) is 0 Å². The molecule has 130 valence electrons. The molecule has 0 bridgehead atoms. The van der Waals surface area contributed by atoms with E-state index >= 15 is 0 Å². The van der Waals surface area contributed by atoms with Crippen LogP contribution >= 0.6 is 0 Å². The summed E-state index contributed by atoms with van der Waals surface area (Å²) in [4.78, 5) is 4.09. The Balaban J connectivity index is 2.18. The molecule has 0 saturated heterocycles. The number of aliphatic imine (C=N–C) groups is 1. The maximum Gasteiger partial charge on any atom is 0.190 e. The molecule has 0 amide bonds. The molecule has 1 rings (SSSR count). The van der Waals surface area contributed by atoms with E-state index in [1.54, 1.807) is 7.05 Å². The smallest absolute Gasteiger partial charge is 0.190 e. The van der Waals surface area contributed by atoms with E-state index in [-0.39, 0.29) is 5.82 Å². The van der Waals surface area contributed by atoms with Crippen LogP contribution in [-0.2, 0) is 11.2 Å². The molecule has 0 aliphatic rings. The molecule has 0 fully saturated rings. The third-order valence-electron chi connectivity index (χ3n) is 3.32. The normalized spacial score (nSPS) is 11.6. The standard InChI is InChI=1S/C17H27F2N3O/c1-3-4-11-23-12-5-9-21-17(20-2)22-10-8-14-13-15(18)6-7-16(14)19/h6-7,13H,3-5,8-12H2,1-2H3,(H2,20,21,22). The van der Waals surface area contributed by atoms with Crippen molar-refractivity contribution in [3.63, 3.8) is 0 Å². The summed E-state index contributed by atoms with van der Waals surface area (Å²) in [6.45, 7) is 4.89. The Morgan fingerprint density at radius 3 is 2.61 bits per heavy atom. The quantitative estimate of drug-likeness (QED) is 0.395.